The molecule has 1 N–H and O–H groups in total. The summed E-state index contributed by atoms with van der Waals surface area (Å²) in [6.07, 6.45) is 1.48. The lowest BCUT2D eigenvalue weighted by atomic mass is 9.77. The summed E-state index contributed by atoms with van der Waals surface area (Å²) < 4.78 is 6.61. The molecule has 0 heterocycles. The van der Waals surface area contributed by atoms with Gasteiger partial charge in [0, 0.05) is 0 Å². The summed E-state index contributed by atoms with van der Waals surface area (Å²) in [5, 5.41) is 9.83. The van der Waals surface area contributed by atoms with Crippen molar-refractivity contribution in [2.75, 3.05) is 7.11 Å². The van der Waals surface area contributed by atoms with Crippen LogP contribution in [-0.4, -0.2) is 18.2 Å². The third-order valence-electron chi connectivity index (χ3n) is 3.82. The maximum atomic E-state index is 12.0. The minimum atomic E-state index is -0.469. The maximum absolute atomic E-state index is 12.0. The number of hydrogen-bond acceptors (Lipinski definition) is 3. The van der Waals surface area contributed by atoms with Gasteiger partial charge in [-0.05, 0) is 88.6 Å². The van der Waals surface area contributed by atoms with Gasteiger partial charge in [-0.15, -0.1) is 0 Å². The zero-order valence-corrected chi connectivity index (χ0v) is 16.5. The minimum absolute atomic E-state index is 0.157. The van der Waals surface area contributed by atoms with Gasteiger partial charge >= 0.3 is 5.97 Å². The number of methoxy groups -OCH3 is 1. The lowest BCUT2D eigenvalue weighted by molar-refractivity contribution is -0.152. The summed E-state index contributed by atoms with van der Waals surface area (Å²) >= 11 is 4.26. The highest BCUT2D eigenvalue weighted by molar-refractivity contribution is 14.1. The molecule has 1 aromatic rings. The third-order valence-corrected chi connectivity index (χ3v) is 5.47. The van der Waals surface area contributed by atoms with Crippen LogP contribution in [0.15, 0.2) is 12.1 Å². The molecule has 5 heteroatoms. The number of phenols is 1. The highest BCUT2D eigenvalue weighted by atomic mass is 127. The van der Waals surface area contributed by atoms with Gasteiger partial charge in [0.05, 0.1) is 19.7 Å². The lowest BCUT2D eigenvalue weighted by Crippen LogP contribution is -2.30. The average molecular weight is 502 g/mol. The van der Waals surface area contributed by atoms with Crippen LogP contribution in [0.4, 0.5) is 0 Å². The van der Waals surface area contributed by atoms with Crippen molar-refractivity contribution in [2.24, 2.45) is 5.41 Å². The van der Waals surface area contributed by atoms with Crippen LogP contribution in [-0.2, 0) is 9.53 Å². The Kier molecular flexibility index (Phi) is 6.56. The van der Waals surface area contributed by atoms with E-state index in [-0.39, 0.29) is 11.9 Å². The molecule has 0 aliphatic heterocycles. The number of halogens is 2. The predicted molar refractivity (Wildman–Crippen MR) is 97.0 cm³/mol. The Labute approximate surface area is 147 Å². The zero-order valence-electron chi connectivity index (χ0n) is 12.2. The van der Waals surface area contributed by atoms with Crippen LogP contribution in [0.1, 0.15) is 45.1 Å². The number of hydrogen-bond donors (Lipinski definition) is 1. The van der Waals surface area contributed by atoms with Gasteiger partial charge in [-0.3, -0.25) is 4.79 Å². The number of carbonyl (C=O) groups excluding carboxylic acids is 1. The van der Waals surface area contributed by atoms with Crippen LogP contribution in [0.3, 0.4) is 0 Å². The molecule has 112 valence electrons. The van der Waals surface area contributed by atoms with Crippen molar-refractivity contribution >= 4 is 51.2 Å². The van der Waals surface area contributed by atoms with E-state index in [1.807, 2.05) is 26.0 Å². The van der Waals surface area contributed by atoms with Crippen molar-refractivity contribution in [3.05, 3.63) is 24.8 Å². The van der Waals surface area contributed by atoms with E-state index in [4.69, 9.17) is 4.74 Å². The summed E-state index contributed by atoms with van der Waals surface area (Å²) in [6.45, 7) is 6.06. The molecule has 0 radical (unpaired) electrons. The van der Waals surface area contributed by atoms with Crippen molar-refractivity contribution in [1.82, 2.24) is 0 Å². The molecule has 20 heavy (non-hydrogen) atoms. The Morgan fingerprint density at radius 1 is 1.40 bits per heavy atom. The molecule has 1 rings (SSSR count). The van der Waals surface area contributed by atoms with Gasteiger partial charge in [0.25, 0.3) is 0 Å². The van der Waals surface area contributed by atoms with Crippen molar-refractivity contribution in [3.8, 4) is 5.75 Å². The first kappa shape index (κ1) is 18.0. The molecular weight excluding hydrogens is 482 g/mol. The first-order valence-electron chi connectivity index (χ1n) is 6.51. The van der Waals surface area contributed by atoms with Crippen LogP contribution in [0.25, 0.3) is 0 Å². The number of phenolic OH excluding ortho intramolecular Hbond substituents is 1. The number of aromatic hydroxyl groups is 1. The smallest absolute Gasteiger partial charge is 0.311 e. The molecule has 0 saturated carbocycles. The van der Waals surface area contributed by atoms with Crippen molar-refractivity contribution in [2.45, 2.75) is 39.5 Å². The standard InChI is InChI=1S/C15H20I2O3/c1-5-15(3,14(19)20-4)8-9(2)10-6-11(16)13(18)12(17)7-10/h6-7,9,18H,5,8H2,1-4H3. The van der Waals surface area contributed by atoms with Gasteiger partial charge in [-0.1, -0.05) is 13.8 Å². The predicted octanol–water partition coefficient (Wildman–Crippen LogP) is 4.68. The second-order valence-electron chi connectivity index (χ2n) is 5.34. The Morgan fingerprint density at radius 3 is 2.30 bits per heavy atom. The van der Waals surface area contributed by atoms with Crippen LogP contribution in [0.2, 0.25) is 0 Å². The highest BCUT2D eigenvalue weighted by Crippen LogP contribution is 2.38. The molecule has 2 atom stereocenters. The average Bonchev–Trinajstić information content (AvgIpc) is 2.42. The fourth-order valence-corrected chi connectivity index (χ4v) is 4.10. The van der Waals surface area contributed by atoms with E-state index in [1.165, 1.54) is 7.11 Å². The SMILES string of the molecule is CCC(C)(CC(C)c1cc(I)c(O)c(I)c1)C(=O)OC. The molecule has 0 aliphatic rings. The molecule has 0 spiro atoms. The fourth-order valence-electron chi connectivity index (χ4n) is 2.28. The van der Waals surface area contributed by atoms with Gasteiger partial charge < -0.3 is 9.84 Å². The molecule has 1 aromatic carbocycles. The summed E-state index contributed by atoms with van der Waals surface area (Å²) in [4.78, 5) is 12.0. The number of rotatable bonds is 5. The highest BCUT2D eigenvalue weighted by Gasteiger charge is 2.34. The normalized spacial score (nSPS) is 15.5. The van der Waals surface area contributed by atoms with E-state index in [0.717, 1.165) is 25.5 Å². The Balaban J connectivity index is 3.01. The first-order chi connectivity index (χ1) is 9.25. The minimum Gasteiger partial charge on any atom is -0.506 e. The van der Waals surface area contributed by atoms with Crippen LogP contribution in [0.5, 0.6) is 5.75 Å². The monoisotopic (exact) mass is 502 g/mol. The molecular formula is C15H20I2O3. The number of esters is 1. The molecule has 3 nitrogen and oxygen atoms in total. The van der Waals surface area contributed by atoms with Crippen molar-refractivity contribution < 1.29 is 14.6 Å². The second-order valence-corrected chi connectivity index (χ2v) is 7.67. The fraction of sp³-hybridized carbons (Fsp3) is 0.533. The Morgan fingerprint density at radius 2 is 1.90 bits per heavy atom. The summed E-state index contributed by atoms with van der Waals surface area (Å²) in [6, 6.07) is 3.96. The largest absolute Gasteiger partial charge is 0.506 e. The second kappa shape index (κ2) is 7.29. The van der Waals surface area contributed by atoms with E-state index in [2.05, 4.69) is 52.1 Å². The van der Waals surface area contributed by atoms with Crippen molar-refractivity contribution in [1.29, 1.82) is 0 Å². The van der Waals surface area contributed by atoms with E-state index in [9.17, 15) is 9.90 Å². The zero-order chi connectivity index (χ0) is 15.5. The molecule has 0 aliphatic carbocycles. The van der Waals surface area contributed by atoms with E-state index in [0.29, 0.717) is 5.75 Å². The quantitative estimate of drug-likeness (QED) is 0.470. The van der Waals surface area contributed by atoms with E-state index >= 15 is 0 Å². The summed E-state index contributed by atoms with van der Waals surface area (Å²) in [5.74, 6) is 0.394. The van der Waals surface area contributed by atoms with E-state index in [1.54, 1.807) is 0 Å². The molecule has 2 unspecified atom stereocenters. The Hall–Kier alpha value is -0.0500. The molecule has 0 saturated heterocycles. The van der Waals surface area contributed by atoms with Gasteiger partial charge in [0.2, 0.25) is 0 Å². The van der Waals surface area contributed by atoms with Crippen LogP contribution in [0, 0.1) is 12.6 Å². The van der Waals surface area contributed by atoms with Crippen LogP contribution < -0.4 is 0 Å². The lowest BCUT2D eigenvalue weighted by Gasteiger charge is -2.28. The molecule has 0 bridgehead atoms. The summed E-state index contributed by atoms with van der Waals surface area (Å²) in [5.41, 5.74) is 0.670. The molecule has 0 fully saturated rings. The Bertz CT molecular complexity index is 479. The number of carbonyl (C=O) groups is 1. The first-order valence-corrected chi connectivity index (χ1v) is 8.67. The van der Waals surface area contributed by atoms with Gasteiger partial charge in [-0.25, -0.2) is 0 Å². The molecule has 0 amide bonds. The van der Waals surface area contributed by atoms with Gasteiger partial charge in [0.15, 0.2) is 0 Å². The molecule has 0 aromatic heterocycles. The van der Waals surface area contributed by atoms with Gasteiger partial charge in [-0.2, -0.15) is 0 Å². The summed E-state index contributed by atoms with van der Waals surface area (Å²) in [7, 11) is 1.44. The number of benzene rings is 1. The van der Waals surface area contributed by atoms with Gasteiger partial charge in [0.1, 0.15) is 5.75 Å². The van der Waals surface area contributed by atoms with Crippen molar-refractivity contribution in [3.63, 3.8) is 0 Å². The topological polar surface area (TPSA) is 46.5 Å². The number of ether oxygens (including phenoxy) is 1. The maximum Gasteiger partial charge on any atom is 0.311 e. The third kappa shape index (κ3) is 3.99. The van der Waals surface area contributed by atoms with Crippen LogP contribution >= 0.6 is 45.2 Å². The van der Waals surface area contributed by atoms with E-state index < -0.39 is 5.41 Å².